The lowest BCUT2D eigenvalue weighted by molar-refractivity contribution is 0.0820. The van der Waals surface area contributed by atoms with E-state index in [1.54, 1.807) is 21.1 Å². The number of carbonyl (C=O) groups is 1. The number of ether oxygens (including phenoxy) is 1. The predicted octanol–water partition coefficient (Wildman–Crippen LogP) is 5.79. The van der Waals surface area contributed by atoms with Gasteiger partial charge in [0.15, 0.2) is 0 Å². The molecule has 5 nitrogen and oxygen atoms in total. The van der Waals surface area contributed by atoms with Crippen molar-refractivity contribution in [3.63, 3.8) is 0 Å². The van der Waals surface area contributed by atoms with Gasteiger partial charge in [0.25, 0.3) is 5.91 Å². The molecule has 0 spiro atoms. The van der Waals surface area contributed by atoms with Crippen LogP contribution in [0.4, 0.5) is 4.39 Å². The van der Waals surface area contributed by atoms with Gasteiger partial charge in [-0.15, -0.1) is 11.3 Å². The topological polar surface area (TPSA) is 47.4 Å². The Morgan fingerprint density at radius 3 is 2.78 bits per heavy atom. The summed E-state index contributed by atoms with van der Waals surface area (Å²) in [5, 5.41) is 1.96. The molecule has 0 N–H and O–H groups in total. The van der Waals surface area contributed by atoms with Gasteiger partial charge >= 0.3 is 0 Å². The summed E-state index contributed by atoms with van der Waals surface area (Å²) in [5.41, 5.74) is 3.90. The SMILES string of the molecule is C=C(C)N(C)C(=O)c1nc(-c2cccs2)c2n1CCc1cc(OC)c(CC(C)C)c(F)c1-2. The molecule has 0 radical (unpaired) electrons. The second kappa shape index (κ2) is 8.54. The zero-order valence-electron chi connectivity index (χ0n) is 19.2. The van der Waals surface area contributed by atoms with Crippen molar-refractivity contribution in [2.24, 2.45) is 5.92 Å². The number of fused-ring (bicyclic) bond motifs is 3. The van der Waals surface area contributed by atoms with Gasteiger partial charge in [-0.1, -0.05) is 26.5 Å². The van der Waals surface area contributed by atoms with E-state index in [4.69, 9.17) is 9.72 Å². The van der Waals surface area contributed by atoms with E-state index < -0.39 is 0 Å². The molecule has 1 aromatic carbocycles. The molecule has 0 fully saturated rings. The van der Waals surface area contributed by atoms with Crippen molar-refractivity contribution in [2.45, 2.75) is 40.2 Å². The van der Waals surface area contributed by atoms with E-state index >= 15 is 4.39 Å². The molecule has 32 heavy (non-hydrogen) atoms. The van der Waals surface area contributed by atoms with Crippen molar-refractivity contribution in [3.8, 4) is 27.6 Å². The lowest BCUT2D eigenvalue weighted by Gasteiger charge is -2.25. The second-order valence-electron chi connectivity index (χ2n) is 8.61. The van der Waals surface area contributed by atoms with Crippen molar-refractivity contribution in [1.82, 2.24) is 14.5 Å². The molecule has 0 unspecified atom stereocenters. The number of amides is 1. The molecule has 0 atom stereocenters. The molecule has 7 heteroatoms. The monoisotopic (exact) mass is 453 g/mol. The summed E-state index contributed by atoms with van der Waals surface area (Å²) in [6.45, 7) is 10.3. The fourth-order valence-electron chi connectivity index (χ4n) is 4.18. The van der Waals surface area contributed by atoms with Crippen LogP contribution in [-0.2, 0) is 19.4 Å². The van der Waals surface area contributed by atoms with Crippen LogP contribution in [0, 0.1) is 11.7 Å². The highest BCUT2D eigenvalue weighted by atomic mass is 32.1. The van der Waals surface area contributed by atoms with Crippen molar-refractivity contribution in [3.05, 3.63) is 58.6 Å². The highest BCUT2D eigenvalue weighted by Gasteiger charge is 2.33. The van der Waals surface area contributed by atoms with Crippen LogP contribution in [0.1, 0.15) is 42.5 Å². The molecule has 2 aromatic heterocycles. The van der Waals surface area contributed by atoms with Crippen LogP contribution in [0.3, 0.4) is 0 Å². The number of hydrogen-bond acceptors (Lipinski definition) is 4. The highest BCUT2D eigenvalue weighted by Crippen LogP contribution is 2.44. The Hall–Kier alpha value is -2.93. The first-order valence-electron chi connectivity index (χ1n) is 10.7. The van der Waals surface area contributed by atoms with Gasteiger partial charge < -0.3 is 14.2 Å². The number of hydrogen-bond donors (Lipinski definition) is 0. The number of imidazole rings is 1. The second-order valence-corrected chi connectivity index (χ2v) is 9.56. The molecular weight excluding hydrogens is 425 g/mol. The van der Waals surface area contributed by atoms with Crippen LogP contribution in [0.5, 0.6) is 5.75 Å². The Labute approximate surface area is 192 Å². The Morgan fingerprint density at radius 1 is 1.44 bits per heavy atom. The van der Waals surface area contributed by atoms with Crippen molar-refractivity contribution in [2.75, 3.05) is 14.2 Å². The van der Waals surface area contributed by atoms with Gasteiger partial charge in [0.05, 0.1) is 17.7 Å². The average molecular weight is 454 g/mol. The molecule has 0 aliphatic carbocycles. The average Bonchev–Trinajstić information content (AvgIpc) is 3.41. The number of carbonyl (C=O) groups excluding carboxylic acids is 1. The van der Waals surface area contributed by atoms with Crippen molar-refractivity contribution < 1.29 is 13.9 Å². The number of allylic oxidation sites excluding steroid dienone is 1. The number of nitrogens with zero attached hydrogens (tertiary/aromatic N) is 3. The Balaban J connectivity index is 2.01. The molecular formula is C25H28FN3O2S. The molecule has 0 bridgehead atoms. The van der Waals surface area contributed by atoms with E-state index in [2.05, 4.69) is 20.4 Å². The van der Waals surface area contributed by atoms with Gasteiger partial charge in [-0.05, 0) is 48.8 Å². The van der Waals surface area contributed by atoms with E-state index in [1.165, 1.54) is 16.2 Å². The minimum absolute atomic E-state index is 0.249. The lowest BCUT2D eigenvalue weighted by atomic mass is 9.90. The number of rotatable bonds is 6. The summed E-state index contributed by atoms with van der Waals surface area (Å²) in [5.74, 6) is 0.627. The van der Waals surface area contributed by atoms with Gasteiger partial charge in [-0.25, -0.2) is 9.37 Å². The van der Waals surface area contributed by atoms with Gasteiger partial charge in [-0.2, -0.15) is 0 Å². The minimum atomic E-state index is -0.279. The van der Waals surface area contributed by atoms with Crippen LogP contribution in [-0.4, -0.2) is 34.5 Å². The van der Waals surface area contributed by atoms with Crippen LogP contribution in [0.2, 0.25) is 0 Å². The quantitative estimate of drug-likeness (QED) is 0.475. The molecule has 1 aliphatic heterocycles. The van der Waals surface area contributed by atoms with Crippen LogP contribution >= 0.6 is 11.3 Å². The van der Waals surface area contributed by atoms with E-state index in [9.17, 15) is 4.79 Å². The van der Waals surface area contributed by atoms with Gasteiger partial charge in [0.2, 0.25) is 5.82 Å². The highest BCUT2D eigenvalue weighted by molar-refractivity contribution is 7.13. The maximum atomic E-state index is 16.1. The van der Waals surface area contributed by atoms with Gasteiger partial charge in [-0.3, -0.25) is 4.79 Å². The zero-order chi connectivity index (χ0) is 23.2. The Morgan fingerprint density at radius 2 is 2.19 bits per heavy atom. The first-order valence-corrected chi connectivity index (χ1v) is 11.6. The number of thiophene rings is 1. The van der Waals surface area contributed by atoms with E-state index in [-0.39, 0.29) is 17.6 Å². The fourth-order valence-corrected chi connectivity index (χ4v) is 4.89. The maximum Gasteiger partial charge on any atom is 0.293 e. The van der Waals surface area contributed by atoms with E-state index in [1.807, 2.05) is 28.1 Å². The molecule has 1 aliphatic rings. The molecule has 3 aromatic rings. The predicted molar refractivity (Wildman–Crippen MR) is 127 cm³/mol. The molecule has 0 saturated carbocycles. The fraction of sp³-hybridized carbons (Fsp3) is 0.360. The summed E-state index contributed by atoms with van der Waals surface area (Å²) in [4.78, 5) is 20.4. The Kier molecular flexibility index (Phi) is 5.95. The third-order valence-electron chi connectivity index (χ3n) is 5.87. The summed E-state index contributed by atoms with van der Waals surface area (Å²) in [6.07, 6.45) is 1.16. The number of methoxy groups -OCH3 is 1. The van der Waals surface area contributed by atoms with Gasteiger partial charge in [0.1, 0.15) is 17.3 Å². The normalized spacial score (nSPS) is 12.5. The summed E-state index contributed by atoms with van der Waals surface area (Å²) in [7, 11) is 3.26. The smallest absolute Gasteiger partial charge is 0.293 e. The zero-order valence-corrected chi connectivity index (χ0v) is 20.0. The van der Waals surface area contributed by atoms with Crippen LogP contribution in [0.25, 0.3) is 21.8 Å². The van der Waals surface area contributed by atoms with Crippen molar-refractivity contribution >= 4 is 17.2 Å². The number of benzene rings is 1. The maximum absolute atomic E-state index is 16.1. The van der Waals surface area contributed by atoms with Crippen LogP contribution < -0.4 is 4.74 Å². The largest absolute Gasteiger partial charge is 0.496 e. The first kappa shape index (κ1) is 22.3. The summed E-state index contributed by atoms with van der Waals surface area (Å²) < 4.78 is 23.6. The van der Waals surface area contributed by atoms with Crippen molar-refractivity contribution in [1.29, 1.82) is 0 Å². The number of aromatic nitrogens is 2. The third kappa shape index (κ3) is 3.64. The molecule has 3 heterocycles. The first-order chi connectivity index (χ1) is 15.2. The van der Waals surface area contributed by atoms with Crippen LogP contribution in [0.15, 0.2) is 35.9 Å². The molecule has 168 valence electrons. The lowest BCUT2D eigenvalue weighted by Crippen LogP contribution is -2.28. The van der Waals surface area contributed by atoms with E-state index in [0.29, 0.717) is 59.2 Å². The summed E-state index contributed by atoms with van der Waals surface area (Å²) >= 11 is 1.53. The standard InChI is InChI=1S/C25H28FN3O2S/c1-14(2)12-17-18(31-6)13-16-9-10-29-23(20(16)21(17)26)22(19-8-7-11-32-19)27-24(29)25(30)28(5)15(3)4/h7-8,11,13-14H,3,9-10,12H2,1-2,4-6H3. The molecule has 4 rings (SSSR count). The van der Waals surface area contributed by atoms with E-state index in [0.717, 1.165) is 10.4 Å². The molecule has 0 saturated heterocycles. The molecule has 1 amide bonds. The minimum Gasteiger partial charge on any atom is -0.496 e. The Bertz CT molecular complexity index is 1190. The number of halogens is 1. The number of aryl methyl sites for hydroxylation is 1. The summed E-state index contributed by atoms with van der Waals surface area (Å²) in [6, 6.07) is 5.84. The van der Waals surface area contributed by atoms with Gasteiger partial charge in [0, 0.05) is 30.4 Å². The third-order valence-corrected chi connectivity index (χ3v) is 6.75.